The summed E-state index contributed by atoms with van der Waals surface area (Å²) in [6.07, 6.45) is 3.53. The van der Waals surface area contributed by atoms with E-state index in [2.05, 4.69) is 18.7 Å². The number of likely N-dealkylation sites (tertiary alicyclic amines) is 1. The second-order valence-electron chi connectivity index (χ2n) is 7.63. The average Bonchev–Trinajstić information content (AvgIpc) is 3.03. The molecular formula is C19H25NO3. The molecule has 0 amide bonds. The Kier molecular flexibility index (Phi) is 3.50. The summed E-state index contributed by atoms with van der Waals surface area (Å²) in [4.78, 5) is 15.5. The van der Waals surface area contributed by atoms with Crippen molar-refractivity contribution in [2.45, 2.75) is 50.7 Å². The number of benzene rings is 1. The maximum atomic E-state index is 13.1. The zero-order valence-corrected chi connectivity index (χ0v) is 13.9. The van der Waals surface area contributed by atoms with Gasteiger partial charge in [-0.3, -0.25) is 9.69 Å². The summed E-state index contributed by atoms with van der Waals surface area (Å²) in [7, 11) is 0. The highest BCUT2D eigenvalue weighted by molar-refractivity contribution is 6.03. The van der Waals surface area contributed by atoms with Gasteiger partial charge in [-0.2, -0.15) is 0 Å². The number of piperidine rings is 1. The number of phenols is 1. The predicted molar refractivity (Wildman–Crippen MR) is 87.9 cm³/mol. The smallest absolute Gasteiger partial charge is 0.180 e. The van der Waals surface area contributed by atoms with Crippen LogP contribution in [0.1, 0.15) is 49.0 Å². The quantitative estimate of drug-likeness (QED) is 0.912. The molecule has 2 bridgehead atoms. The lowest BCUT2D eigenvalue weighted by molar-refractivity contribution is -0.000149. The summed E-state index contributed by atoms with van der Waals surface area (Å²) in [6.45, 7) is 7.08. The molecule has 0 unspecified atom stereocenters. The van der Waals surface area contributed by atoms with Gasteiger partial charge in [0.15, 0.2) is 5.78 Å². The van der Waals surface area contributed by atoms with E-state index in [1.165, 1.54) is 0 Å². The van der Waals surface area contributed by atoms with Crippen LogP contribution in [0.3, 0.4) is 0 Å². The number of hydrogen-bond acceptors (Lipinski definition) is 4. The van der Waals surface area contributed by atoms with E-state index in [-0.39, 0.29) is 35.0 Å². The Morgan fingerprint density at radius 3 is 3.00 bits per heavy atom. The molecule has 0 spiro atoms. The molecule has 4 heteroatoms. The Bertz CT molecular complexity index is 638. The molecular weight excluding hydrogens is 290 g/mol. The molecule has 2 fully saturated rings. The summed E-state index contributed by atoms with van der Waals surface area (Å²) in [5.41, 5.74) is 1.79. The molecule has 3 aliphatic rings. The van der Waals surface area contributed by atoms with Crippen LogP contribution in [-0.2, 0) is 10.2 Å². The maximum absolute atomic E-state index is 13.1. The summed E-state index contributed by atoms with van der Waals surface area (Å²) < 4.78 is 5.79. The Hall–Kier alpha value is -1.39. The van der Waals surface area contributed by atoms with Crippen molar-refractivity contribution in [3.8, 4) is 5.75 Å². The van der Waals surface area contributed by atoms with E-state index < -0.39 is 0 Å². The first kappa shape index (κ1) is 15.2. The number of fused-ring (bicyclic) bond motifs is 4. The van der Waals surface area contributed by atoms with Gasteiger partial charge >= 0.3 is 0 Å². The largest absolute Gasteiger partial charge is 0.508 e. The van der Waals surface area contributed by atoms with E-state index in [1.807, 2.05) is 0 Å². The molecule has 124 valence electrons. The van der Waals surface area contributed by atoms with Gasteiger partial charge in [-0.1, -0.05) is 13.8 Å². The average molecular weight is 315 g/mol. The first-order valence-corrected chi connectivity index (χ1v) is 8.74. The van der Waals surface area contributed by atoms with Crippen LogP contribution in [-0.4, -0.2) is 47.6 Å². The number of Topliss-reactive ketones (excluding diaryl/α,β-unsaturated/α-hetero) is 1. The van der Waals surface area contributed by atoms with E-state index in [0.29, 0.717) is 0 Å². The Balaban J connectivity index is 1.71. The van der Waals surface area contributed by atoms with Crippen LogP contribution >= 0.6 is 0 Å². The molecule has 2 aliphatic heterocycles. The molecule has 0 radical (unpaired) electrons. The number of carbonyl (C=O) groups excluding carboxylic acids is 1. The van der Waals surface area contributed by atoms with Gasteiger partial charge in [-0.15, -0.1) is 0 Å². The van der Waals surface area contributed by atoms with E-state index in [9.17, 15) is 9.90 Å². The van der Waals surface area contributed by atoms with Crippen LogP contribution < -0.4 is 0 Å². The number of ether oxygens (including phenoxy) is 1. The van der Waals surface area contributed by atoms with Gasteiger partial charge in [0, 0.05) is 18.7 Å². The molecule has 4 rings (SSSR count). The number of phenolic OH excluding ortho intramolecular Hbond substituents is 1. The lowest BCUT2D eigenvalue weighted by Gasteiger charge is -2.53. The molecule has 23 heavy (non-hydrogen) atoms. The summed E-state index contributed by atoms with van der Waals surface area (Å²) >= 11 is 0. The fourth-order valence-corrected chi connectivity index (χ4v) is 4.81. The molecule has 4 nitrogen and oxygen atoms in total. The predicted octanol–water partition coefficient (Wildman–Crippen LogP) is 2.74. The van der Waals surface area contributed by atoms with E-state index in [4.69, 9.17) is 4.74 Å². The number of hydrogen-bond donors (Lipinski definition) is 1. The highest BCUT2D eigenvalue weighted by Crippen LogP contribution is 2.49. The Morgan fingerprint density at radius 2 is 2.26 bits per heavy atom. The second kappa shape index (κ2) is 5.32. The van der Waals surface area contributed by atoms with Crippen LogP contribution in [0.25, 0.3) is 0 Å². The minimum absolute atomic E-state index is 0.0420. The zero-order chi connectivity index (χ0) is 16.2. The van der Waals surface area contributed by atoms with Crippen molar-refractivity contribution >= 4 is 5.78 Å². The highest BCUT2D eigenvalue weighted by Gasteiger charge is 2.52. The number of nitrogens with zero attached hydrogens (tertiary/aromatic N) is 1. The SMILES string of the molecule is C[C@H]1[C@H]2C(=O)c3ccc(O)cc3[C@]1(C)CCN2C[C@@H]1CCCO1. The van der Waals surface area contributed by atoms with Crippen LogP contribution in [0.5, 0.6) is 5.75 Å². The summed E-state index contributed by atoms with van der Waals surface area (Å²) in [6, 6.07) is 5.18. The van der Waals surface area contributed by atoms with Gasteiger partial charge in [0.1, 0.15) is 5.75 Å². The minimum atomic E-state index is -0.0602. The van der Waals surface area contributed by atoms with Crippen molar-refractivity contribution in [2.24, 2.45) is 5.92 Å². The van der Waals surface area contributed by atoms with Crippen LogP contribution in [0.2, 0.25) is 0 Å². The van der Waals surface area contributed by atoms with Gasteiger partial charge in [-0.05, 0) is 60.9 Å². The van der Waals surface area contributed by atoms with Gasteiger partial charge in [0.25, 0.3) is 0 Å². The molecule has 2 saturated heterocycles. The van der Waals surface area contributed by atoms with Crippen LogP contribution in [0.15, 0.2) is 18.2 Å². The fraction of sp³-hybridized carbons (Fsp3) is 0.632. The van der Waals surface area contributed by atoms with Crippen molar-refractivity contribution in [1.29, 1.82) is 0 Å². The highest BCUT2D eigenvalue weighted by atomic mass is 16.5. The Labute approximate surface area is 137 Å². The minimum Gasteiger partial charge on any atom is -0.508 e. The number of aromatic hydroxyl groups is 1. The van der Waals surface area contributed by atoms with Crippen molar-refractivity contribution in [3.05, 3.63) is 29.3 Å². The van der Waals surface area contributed by atoms with E-state index in [0.717, 1.165) is 50.1 Å². The summed E-state index contributed by atoms with van der Waals surface area (Å²) in [5, 5.41) is 9.88. The Morgan fingerprint density at radius 1 is 1.43 bits per heavy atom. The second-order valence-corrected chi connectivity index (χ2v) is 7.63. The van der Waals surface area contributed by atoms with E-state index in [1.54, 1.807) is 18.2 Å². The third-order valence-electron chi connectivity index (χ3n) is 6.41. The van der Waals surface area contributed by atoms with Crippen molar-refractivity contribution in [3.63, 3.8) is 0 Å². The van der Waals surface area contributed by atoms with Crippen molar-refractivity contribution in [1.82, 2.24) is 4.90 Å². The number of ketones is 1. The molecule has 0 saturated carbocycles. The summed E-state index contributed by atoms with van der Waals surface area (Å²) in [5.74, 6) is 0.715. The van der Waals surface area contributed by atoms with Crippen LogP contribution in [0.4, 0.5) is 0 Å². The number of carbonyl (C=O) groups is 1. The van der Waals surface area contributed by atoms with Gasteiger partial charge in [0.05, 0.1) is 12.1 Å². The van der Waals surface area contributed by atoms with Crippen molar-refractivity contribution in [2.75, 3.05) is 19.7 Å². The lowest BCUT2D eigenvalue weighted by Crippen LogP contribution is -2.61. The van der Waals surface area contributed by atoms with Gasteiger partial charge in [0.2, 0.25) is 0 Å². The molecule has 0 aromatic heterocycles. The standard InChI is InChI=1S/C19H25NO3/c1-12-17-18(22)15-6-5-13(21)10-16(15)19(12,2)7-8-20(17)11-14-4-3-9-23-14/h5-6,10,12,14,17,21H,3-4,7-9,11H2,1-2H3/t12-,14-,17-,19+/m0/s1. The normalized spacial score (nSPS) is 37.0. The molecule has 1 aromatic carbocycles. The first-order chi connectivity index (χ1) is 11.0. The van der Waals surface area contributed by atoms with Gasteiger partial charge in [-0.25, -0.2) is 0 Å². The molecule has 2 heterocycles. The third kappa shape index (κ3) is 2.23. The fourth-order valence-electron chi connectivity index (χ4n) is 4.81. The molecule has 1 aromatic rings. The maximum Gasteiger partial charge on any atom is 0.180 e. The first-order valence-electron chi connectivity index (χ1n) is 8.74. The topological polar surface area (TPSA) is 49.8 Å². The monoisotopic (exact) mass is 315 g/mol. The van der Waals surface area contributed by atoms with E-state index >= 15 is 0 Å². The van der Waals surface area contributed by atoms with Crippen LogP contribution in [0, 0.1) is 5.92 Å². The molecule has 1 N–H and O–H groups in total. The molecule has 4 atom stereocenters. The number of rotatable bonds is 2. The third-order valence-corrected chi connectivity index (χ3v) is 6.41. The van der Waals surface area contributed by atoms with Gasteiger partial charge < -0.3 is 9.84 Å². The zero-order valence-electron chi connectivity index (χ0n) is 13.9. The lowest BCUT2D eigenvalue weighted by atomic mass is 9.58. The van der Waals surface area contributed by atoms with Crippen molar-refractivity contribution < 1.29 is 14.6 Å². The molecule has 1 aliphatic carbocycles.